The molecule has 0 spiro atoms. The first-order valence-electron chi connectivity index (χ1n) is 6.90. The second kappa shape index (κ2) is 5.48. The average Bonchev–Trinajstić information content (AvgIpc) is 2.86. The van der Waals surface area contributed by atoms with Crippen molar-refractivity contribution in [1.82, 2.24) is 0 Å². The van der Waals surface area contributed by atoms with Crippen molar-refractivity contribution >= 4 is 16.7 Å². The number of hydrogen-bond donors (Lipinski definition) is 2. The number of rotatable bonds is 4. The minimum absolute atomic E-state index is 0.344. The largest absolute Gasteiger partial charge is 0.505 e. The van der Waals surface area contributed by atoms with E-state index in [2.05, 4.69) is 5.32 Å². The zero-order chi connectivity index (χ0) is 14.8. The normalized spacial score (nSPS) is 11.0. The van der Waals surface area contributed by atoms with Crippen molar-refractivity contribution in [2.45, 2.75) is 19.9 Å². The van der Waals surface area contributed by atoms with E-state index in [1.54, 1.807) is 6.07 Å². The number of anilines is 1. The van der Waals surface area contributed by atoms with Crippen molar-refractivity contribution in [3.05, 3.63) is 59.6 Å². The van der Waals surface area contributed by atoms with E-state index in [9.17, 15) is 9.50 Å². The molecule has 21 heavy (non-hydrogen) atoms. The maximum atomic E-state index is 13.3. The fraction of sp³-hybridized carbons (Fsp3) is 0.176. The van der Waals surface area contributed by atoms with Crippen molar-refractivity contribution in [3.8, 4) is 5.75 Å². The zero-order valence-corrected chi connectivity index (χ0v) is 11.7. The Labute approximate surface area is 122 Å². The SMILES string of the molecule is CCc1oc2ccccc2c1CNc1ccc(O)c(F)c1. The van der Waals surface area contributed by atoms with Crippen LogP contribution in [0.5, 0.6) is 5.75 Å². The van der Waals surface area contributed by atoms with Crippen LogP contribution in [0.3, 0.4) is 0 Å². The maximum absolute atomic E-state index is 13.3. The van der Waals surface area contributed by atoms with Gasteiger partial charge in [0.25, 0.3) is 0 Å². The number of hydrogen-bond acceptors (Lipinski definition) is 3. The van der Waals surface area contributed by atoms with Crippen LogP contribution in [0.4, 0.5) is 10.1 Å². The molecule has 0 fully saturated rings. The first kappa shape index (κ1) is 13.5. The Bertz CT molecular complexity index is 780. The molecule has 1 heterocycles. The van der Waals surface area contributed by atoms with Gasteiger partial charge in [-0.15, -0.1) is 0 Å². The lowest BCUT2D eigenvalue weighted by Gasteiger charge is -2.07. The van der Waals surface area contributed by atoms with Crippen molar-refractivity contribution in [1.29, 1.82) is 0 Å². The minimum Gasteiger partial charge on any atom is -0.505 e. The lowest BCUT2D eigenvalue weighted by atomic mass is 10.1. The van der Waals surface area contributed by atoms with E-state index < -0.39 is 5.82 Å². The Kier molecular flexibility index (Phi) is 3.52. The smallest absolute Gasteiger partial charge is 0.166 e. The molecule has 0 saturated carbocycles. The van der Waals surface area contributed by atoms with Crippen LogP contribution in [0.2, 0.25) is 0 Å². The van der Waals surface area contributed by atoms with Crippen molar-refractivity contribution in [2.75, 3.05) is 5.32 Å². The monoisotopic (exact) mass is 285 g/mol. The third kappa shape index (κ3) is 2.57. The molecular formula is C17H16FNO2. The maximum Gasteiger partial charge on any atom is 0.166 e. The number of fused-ring (bicyclic) bond motifs is 1. The van der Waals surface area contributed by atoms with Gasteiger partial charge in [0.15, 0.2) is 11.6 Å². The van der Waals surface area contributed by atoms with Gasteiger partial charge in [0, 0.05) is 35.7 Å². The molecule has 0 unspecified atom stereocenters. The van der Waals surface area contributed by atoms with Crippen molar-refractivity contribution in [3.63, 3.8) is 0 Å². The third-order valence-corrected chi connectivity index (χ3v) is 3.52. The Morgan fingerprint density at radius 1 is 1.19 bits per heavy atom. The van der Waals surface area contributed by atoms with E-state index in [-0.39, 0.29) is 5.75 Å². The van der Waals surface area contributed by atoms with Crippen LogP contribution in [-0.4, -0.2) is 5.11 Å². The Morgan fingerprint density at radius 3 is 2.76 bits per heavy atom. The van der Waals surface area contributed by atoms with E-state index in [0.29, 0.717) is 12.2 Å². The van der Waals surface area contributed by atoms with Crippen LogP contribution in [0.25, 0.3) is 11.0 Å². The lowest BCUT2D eigenvalue weighted by Crippen LogP contribution is -2.01. The van der Waals surface area contributed by atoms with Gasteiger partial charge in [-0.2, -0.15) is 0 Å². The van der Waals surface area contributed by atoms with Gasteiger partial charge in [-0.05, 0) is 18.2 Å². The summed E-state index contributed by atoms with van der Waals surface area (Å²) in [6.45, 7) is 2.59. The number of aromatic hydroxyl groups is 1. The average molecular weight is 285 g/mol. The van der Waals surface area contributed by atoms with Gasteiger partial charge in [-0.25, -0.2) is 4.39 Å². The van der Waals surface area contributed by atoms with E-state index in [1.807, 2.05) is 31.2 Å². The summed E-state index contributed by atoms with van der Waals surface area (Å²) in [5, 5.41) is 13.4. The number of aryl methyl sites for hydroxylation is 1. The number of benzene rings is 2. The Hall–Kier alpha value is -2.49. The third-order valence-electron chi connectivity index (χ3n) is 3.52. The van der Waals surface area contributed by atoms with Gasteiger partial charge in [0.2, 0.25) is 0 Å². The van der Waals surface area contributed by atoms with Gasteiger partial charge >= 0.3 is 0 Å². The van der Waals surface area contributed by atoms with Gasteiger partial charge in [0.1, 0.15) is 11.3 Å². The number of nitrogens with one attached hydrogen (secondary N) is 1. The van der Waals surface area contributed by atoms with E-state index in [4.69, 9.17) is 4.42 Å². The van der Waals surface area contributed by atoms with Crippen molar-refractivity contribution in [2.24, 2.45) is 0 Å². The number of phenols is 1. The van der Waals surface area contributed by atoms with E-state index >= 15 is 0 Å². The predicted molar refractivity (Wildman–Crippen MR) is 81.0 cm³/mol. The van der Waals surface area contributed by atoms with Crippen LogP contribution in [0.1, 0.15) is 18.2 Å². The zero-order valence-electron chi connectivity index (χ0n) is 11.7. The summed E-state index contributed by atoms with van der Waals surface area (Å²) < 4.78 is 19.2. The molecule has 3 nitrogen and oxygen atoms in total. The summed E-state index contributed by atoms with van der Waals surface area (Å²) in [6, 6.07) is 12.1. The summed E-state index contributed by atoms with van der Waals surface area (Å²) in [7, 11) is 0. The van der Waals surface area contributed by atoms with Crippen LogP contribution in [-0.2, 0) is 13.0 Å². The van der Waals surface area contributed by atoms with Crippen molar-refractivity contribution < 1.29 is 13.9 Å². The molecule has 0 aliphatic carbocycles. The number of para-hydroxylation sites is 1. The molecule has 2 aromatic carbocycles. The Morgan fingerprint density at radius 2 is 2.00 bits per heavy atom. The second-order valence-corrected chi connectivity index (χ2v) is 4.87. The summed E-state index contributed by atoms with van der Waals surface area (Å²) in [4.78, 5) is 0. The molecule has 4 heteroatoms. The first-order chi connectivity index (χ1) is 10.2. The number of phenolic OH excluding ortho intramolecular Hbond substituents is 1. The van der Waals surface area contributed by atoms with Gasteiger partial charge in [-0.3, -0.25) is 0 Å². The highest BCUT2D eigenvalue weighted by molar-refractivity contribution is 5.82. The molecule has 1 aromatic heterocycles. The molecule has 108 valence electrons. The highest BCUT2D eigenvalue weighted by Gasteiger charge is 2.12. The Balaban J connectivity index is 1.89. The predicted octanol–water partition coefficient (Wildman–Crippen LogP) is 4.45. The number of halogens is 1. The van der Waals surface area contributed by atoms with E-state index in [1.165, 1.54) is 12.1 Å². The minimum atomic E-state index is -0.632. The first-order valence-corrected chi connectivity index (χ1v) is 6.90. The van der Waals surface area contributed by atoms with Gasteiger partial charge < -0.3 is 14.8 Å². The summed E-state index contributed by atoms with van der Waals surface area (Å²) in [5.41, 5.74) is 2.57. The highest BCUT2D eigenvalue weighted by Crippen LogP contribution is 2.27. The molecule has 0 radical (unpaired) electrons. The molecule has 2 N–H and O–H groups in total. The quantitative estimate of drug-likeness (QED) is 0.696. The molecule has 3 aromatic rings. The topological polar surface area (TPSA) is 45.4 Å². The second-order valence-electron chi connectivity index (χ2n) is 4.87. The summed E-state index contributed by atoms with van der Waals surface area (Å²) in [6.07, 6.45) is 0.801. The van der Waals surface area contributed by atoms with Crippen LogP contribution in [0, 0.1) is 5.82 Å². The van der Waals surface area contributed by atoms with E-state index in [0.717, 1.165) is 28.7 Å². The number of furan rings is 1. The molecule has 0 aliphatic heterocycles. The molecule has 0 bridgehead atoms. The van der Waals surface area contributed by atoms with Gasteiger partial charge in [0.05, 0.1) is 0 Å². The lowest BCUT2D eigenvalue weighted by molar-refractivity contribution is 0.432. The molecule has 0 saturated heterocycles. The van der Waals surface area contributed by atoms with Crippen LogP contribution >= 0.6 is 0 Å². The molecule has 0 amide bonds. The van der Waals surface area contributed by atoms with Crippen LogP contribution < -0.4 is 5.32 Å². The standard InChI is InChI=1S/C17H16FNO2/c1-2-16-13(12-5-3-4-6-17(12)21-16)10-19-11-7-8-15(20)14(18)9-11/h3-9,19-20H,2,10H2,1H3. The molecule has 0 atom stereocenters. The highest BCUT2D eigenvalue weighted by atomic mass is 19.1. The molecule has 3 rings (SSSR count). The van der Waals surface area contributed by atoms with Crippen LogP contribution in [0.15, 0.2) is 46.9 Å². The fourth-order valence-corrected chi connectivity index (χ4v) is 2.44. The molecule has 0 aliphatic rings. The molecular weight excluding hydrogens is 269 g/mol. The summed E-state index contributed by atoms with van der Waals surface area (Å²) in [5.74, 6) is -0.0423. The fourth-order valence-electron chi connectivity index (χ4n) is 2.44. The van der Waals surface area contributed by atoms with Gasteiger partial charge in [-0.1, -0.05) is 25.1 Å². The summed E-state index contributed by atoms with van der Waals surface area (Å²) >= 11 is 0.